The first-order valence-corrected chi connectivity index (χ1v) is 3.83. The van der Waals surface area contributed by atoms with Crippen molar-refractivity contribution in [2.75, 3.05) is 5.33 Å². The molecular weight excluding hydrogens is 186 g/mol. The van der Waals surface area contributed by atoms with Gasteiger partial charge in [0.1, 0.15) is 0 Å². The molecule has 0 spiro atoms. The summed E-state index contributed by atoms with van der Waals surface area (Å²) in [6.45, 7) is 0. The maximum Gasteiger partial charge on any atom is 0.548 e. The molecular formula is C2H2BrF2OSi. The summed E-state index contributed by atoms with van der Waals surface area (Å²) in [5.41, 5.74) is 0. The van der Waals surface area contributed by atoms with Crippen LogP contribution in [0.15, 0.2) is 0 Å². The van der Waals surface area contributed by atoms with Crippen LogP contribution in [0.2, 0.25) is 0 Å². The SMILES string of the molecule is O=C(CBr)[Si](F)F. The predicted molar refractivity (Wildman–Crippen MR) is 26.8 cm³/mol. The Labute approximate surface area is 49.8 Å². The van der Waals surface area contributed by atoms with Gasteiger partial charge in [-0.2, -0.15) is 0 Å². The Kier molecular flexibility index (Phi) is 3.36. The summed E-state index contributed by atoms with van der Waals surface area (Å²) in [6.07, 6.45) is 0. The van der Waals surface area contributed by atoms with E-state index >= 15 is 0 Å². The molecule has 1 nitrogen and oxygen atoms in total. The van der Waals surface area contributed by atoms with E-state index < -0.39 is 14.9 Å². The summed E-state index contributed by atoms with van der Waals surface area (Å²) in [5, 5.41) is -1.18. The Morgan fingerprint density at radius 1 is 1.71 bits per heavy atom. The van der Waals surface area contributed by atoms with Crippen molar-refractivity contribution in [3.05, 3.63) is 0 Å². The van der Waals surface area contributed by atoms with Crippen molar-refractivity contribution in [1.82, 2.24) is 0 Å². The van der Waals surface area contributed by atoms with Crippen LogP contribution in [0.25, 0.3) is 0 Å². The van der Waals surface area contributed by atoms with E-state index in [1.54, 1.807) is 0 Å². The molecule has 0 bridgehead atoms. The monoisotopic (exact) mass is 187 g/mol. The van der Waals surface area contributed by atoms with Gasteiger partial charge >= 0.3 is 9.46 Å². The molecule has 0 saturated carbocycles. The van der Waals surface area contributed by atoms with Crippen molar-refractivity contribution < 1.29 is 13.0 Å². The second-order valence-corrected chi connectivity index (χ2v) is 2.46. The Balaban J connectivity index is 3.35. The minimum atomic E-state index is -3.65. The van der Waals surface area contributed by atoms with Crippen molar-refractivity contribution >= 4 is 30.8 Å². The van der Waals surface area contributed by atoms with Gasteiger partial charge in [0.15, 0.2) is 5.41 Å². The van der Waals surface area contributed by atoms with Crippen molar-refractivity contribution in [1.29, 1.82) is 0 Å². The van der Waals surface area contributed by atoms with Crippen molar-refractivity contribution in [3.8, 4) is 0 Å². The van der Waals surface area contributed by atoms with E-state index in [9.17, 15) is 13.0 Å². The van der Waals surface area contributed by atoms with Gasteiger partial charge in [-0.1, -0.05) is 15.9 Å². The molecule has 0 aromatic rings. The molecule has 41 valence electrons. The van der Waals surface area contributed by atoms with Crippen LogP contribution in [0.3, 0.4) is 0 Å². The van der Waals surface area contributed by atoms with Crippen LogP contribution in [0, 0.1) is 0 Å². The molecule has 5 heteroatoms. The lowest BCUT2D eigenvalue weighted by molar-refractivity contribution is -0.111. The van der Waals surface area contributed by atoms with Crippen LogP contribution < -0.4 is 0 Å². The standard InChI is InChI=1S/C2H2BrF2OSi/c3-1-2(6)7(4)5/h1H2. The van der Waals surface area contributed by atoms with Gasteiger partial charge < -0.3 is 0 Å². The zero-order valence-electron chi connectivity index (χ0n) is 3.25. The summed E-state index contributed by atoms with van der Waals surface area (Å²) in [7, 11) is -3.65. The first kappa shape index (κ1) is 7.23. The van der Waals surface area contributed by atoms with Crippen LogP contribution >= 0.6 is 15.9 Å². The summed E-state index contributed by atoms with van der Waals surface area (Å²) < 4.78 is 22.3. The molecule has 0 aromatic carbocycles. The molecule has 0 aliphatic rings. The second kappa shape index (κ2) is 3.26. The van der Waals surface area contributed by atoms with E-state index in [2.05, 4.69) is 15.9 Å². The molecule has 0 heterocycles. The third-order valence-electron chi connectivity index (χ3n) is 0.332. The van der Waals surface area contributed by atoms with E-state index in [0.29, 0.717) is 0 Å². The number of hydrogen-bond acceptors (Lipinski definition) is 1. The van der Waals surface area contributed by atoms with E-state index in [4.69, 9.17) is 0 Å². The average Bonchev–Trinajstić information content (AvgIpc) is 1.65. The lowest BCUT2D eigenvalue weighted by Gasteiger charge is -1.82. The summed E-state index contributed by atoms with van der Waals surface area (Å²) in [5.74, 6) is 0. The molecule has 0 fully saturated rings. The number of halogens is 3. The molecule has 0 aliphatic heterocycles. The van der Waals surface area contributed by atoms with Crippen LogP contribution in [0.1, 0.15) is 0 Å². The number of alkyl halides is 1. The Bertz CT molecular complexity index is 76.1. The van der Waals surface area contributed by atoms with Gasteiger partial charge in [0.25, 0.3) is 0 Å². The fraction of sp³-hybridized carbons (Fsp3) is 0.500. The van der Waals surface area contributed by atoms with Crippen LogP contribution in [-0.4, -0.2) is 20.2 Å². The Hall–Kier alpha value is 0.227. The third kappa shape index (κ3) is 2.87. The summed E-state index contributed by atoms with van der Waals surface area (Å²) >= 11 is 2.61. The topological polar surface area (TPSA) is 17.1 Å². The molecule has 7 heavy (non-hydrogen) atoms. The van der Waals surface area contributed by atoms with Crippen molar-refractivity contribution in [3.63, 3.8) is 0 Å². The van der Waals surface area contributed by atoms with Crippen LogP contribution in [-0.2, 0) is 4.79 Å². The van der Waals surface area contributed by atoms with Gasteiger partial charge in [-0.05, 0) is 0 Å². The normalized spacial score (nSPS) is 9.71. The first-order chi connectivity index (χ1) is 3.18. The number of hydrogen-bond donors (Lipinski definition) is 0. The highest BCUT2D eigenvalue weighted by atomic mass is 79.9. The van der Waals surface area contributed by atoms with Crippen molar-refractivity contribution in [2.45, 2.75) is 0 Å². The maximum absolute atomic E-state index is 11.2. The van der Waals surface area contributed by atoms with Crippen LogP contribution in [0.4, 0.5) is 8.22 Å². The minimum Gasteiger partial charge on any atom is -0.298 e. The molecule has 1 radical (unpaired) electrons. The van der Waals surface area contributed by atoms with Gasteiger partial charge in [-0.25, -0.2) is 0 Å². The minimum absolute atomic E-state index is 0.214. The van der Waals surface area contributed by atoms with Gasteiger partial charge in [-0.3, -0.25) is 13.0 Å². The highest BCUT2D eigenvalue weighted by Crippen LogP contribution is 1.91. The summed E-state index contributed by atoms with van der Waals surface area (Å²) in [4.78, 5) is 9.76. The average molecular weight is 188 g/mol. The Morgan fingerprint density at radius 2 is 2.14 bits per heavy atom. The fourth-order valence-electron chi connectivity index (χ4n) is 0.0505. The smallest absolute Gasteiger partial charge is 0.298 e. The predicted octanol–water partition coefficient (Wildman–Crippen LogP) is 0.917. The van der Waals surface area contributed by atoms with Gasteiger partial charge in [0, 0.05) is 0 Å². The maximum atomic E-state index is 11.2. The van der Waals surface area contributed by atoms with Crippen LogP contribution in [0.5, 0.6) is 0 Å². The van der Waals surface area contributed by atoms with Crippen molar-refractivity contribution in [2.24, 2.45) is 0 Å². The van der Waals surface area contributed by atoms with Gasteiger partial charge in [-0.15, -0.1) is 0 Å². The van der Waals surface area contributed by atoms with E-state index in [-0.39, 0.29) is 5.33 Å². The highest BCUT2D eigenvalue weighted by molar-refractivity contribution is 9.09. The largest absolute Gasteiger partial charge is 0.548 e. The molecule has 0 aromatic heterocycles. The molecule has 0 unspecified atom stereocenters. The zero-order valence-corrected chi connectivity index (χ0v) is 5.84. The number of carbonyl (C=O) groups is 1. The van der Waals surface area contributed by atoms with Gasteiger partial charge in [0.2, 0.25) is 0 Å². The van der Waals surface area contributed by atoms with E-state index in [1.807, 2.05) is 0 Å². The second-order valence-electron chi connectivity index (χ2n) is 0.817. The van der Waals surface area contributed by atoms with E-state index in [0.717, 1.165) is 0 Å². The first-order valence-electron chi connectivity index (χ1n) is 1.45. The lowest BCUT2D eigenvalue weighted by Crippen LogP contribution is -2.15. The molecule has 0 amide bonds. The third-order valence-corrected chi connectivity index (χ3v) is 1.96. The van der Waals surface area contributed by atoms with E-state index in [1.165, 1.54) is 0 Å². The highest BCUT2D eigenvalue weighted by Gasteiger charge is 2.20. The molecule has 0 saturated heterocycles. The zero-order chi connectivity index (χ0) is 5.86. The summed E-state index contributed by atoms with van der Waals surface area (Å²) in [6, 6.07) is 0. The molecule has 0 N–H and O–H groups in total. The fourth-order valence-corrected chi connectivity index (χ4v) is 0.787. The molecule has 0 atom stereocenters. The quantitative estimate of drug-likeness (QED) is 0.357. The molecule has 0 rings (SSSR count). The lowest BCUT2D eigenvalue weighted by atomic mass is 10.9. The Morgan fingerprint density at radius 3 is 2.14 bits per heavy atom. The number of carbonyl (C=O) groups excluding carboxylic acids is 1. The number of rotatable bonds is 2. The van der Waals surface area contributed by atoms with Gasteiger partial charge in [0.05, 0.1) is 5.33 Å². The molecule has 0 aliphatic carbocycles.